The van der Waals surface area contributed by atoms with Crippen LogP contribution in [0.5, 0.6) is 0 Å². The largest absolute Gasteiger partial charge is 0.434 e. The number of thiazole rings is 1. The second-order valence-electron chi connectivity index (χ2n) is 17.5. The zero-order valence-corrected chi connectivity index (χ0v) is 47.6. The average molecular weight is 1140 g/mol. The van der Waals surface area contributed by atoms with Gasteiger partial charge in [0.15, 0.2) is 11.5 Å². The molecule has 81 heavy (non-hydrogen) atoms. The number of hydrogen-bond acceptors (Lipinski definition) is 9. The first-order valence-corrected chi connectivity index (χ1v) is 25.5. The van der Waals surface area contributed by atoms with E-state index in [0.29, 0.717) is 10.7 Å². The van der Waals surface area contributed by atoms with Gasteiger partial charge >= 0.3 is 6.18 Å². The molecule has 0 aliphatic rings. The van der Waals surface area contributed by atoms with E-state index in [4.69, 9.17) is 0 Å². The van der Waals surface area contributed by atoms with Crippen molar-refractivity contribution in [3.8, 4) is 11.3 Å². The fourth-order valence-electron chi connectivity index (χ4n) is 5.37. The number of hydrogen-bond donors (Lipinski definition) is 0. The molecule has 6 heterocycles. The first-order valence-electron chi connectivity index (χ1n) is 24.6. The predicted molar refractivity (Wildman–Crippen MR) is 312 cm³/mol. The molecule has 0 atom stereocenters. The van der Waals surface area contributed by atoms with Gasteiger partial charge in [-0.25, -0.2) is 46.9 Å². The number of aryl methyl sites for hydroxylation is 12. The average Bonchev–Trinajstić information content (AvgIpc) is 3.90. The summed E-state index contributed by atoms with van der Waals surface area (Å²) in [6.45, 7) is 22.7. The van der Waals surface area contributed by atoms with Crippen molar-refractivity contribution in [1.82, 2.24) is 39.9 Å². The van der Waals surface area contributed by atoms with E-state index >= 15 is 0 Å². The molecule has 8 nitrogen and oxygen atoms in total. The lowest BCUT2D eigenvalue weighted by molar-refractivity contribution is -0.140. The van der Waals surface area contributed by atoms with Gasteiger partial charge in [-0.15, -0.1) is 11.3 Å². The molecule has 4 aromatic carbocycles. The number of benzene rings is 4. The van der Waals surface area contributed by atoms with E-state index < -0.39 is 23.5 Å². The van der Waals surface area contributed by atoms with Crippen molar-refractivity contribution in [2.75, 3.05) is 0 Å². The van der Waals surface area contributed by atoms with E-state index in [1.165, 1.54) is 65.5 Å². The summed E-state index contributed by atoms with van der Waals surface area (Å²) in [6.07, 6.45) is 4.01. The van der Waals surface area contributed by atoms with Crippen LogP contribution in [-0.4, -0.2) is 39.9 Å². The normalized spacial score (nSPS) is 9.63. The van der Waals surface area contributed by atoms with E-state index in [9.17, 15) is 35.1 Å². The second kappa shape index (κ2) is 38.2. The van der Waals surface area contributed by atoms with Crippen LogP contribution in [-0.2, 0) is 6.18 Å². The predicted octanol–water partition coefficient (Wildman–Crippen LogP) is 18.1. The first kappa shape index (κ1) is 70.6. The first-order chi connectivity index (χ1) is 37.8. The summed E-state index contributed by atoms with van der Waals surface area (Å²) < 4.78 is 95.9. The van der Waals surface area contributed by atoms with Crippen LogP contribution in [0.2, 0.25) is 0 Å². The monoisotopic (exact) mass is 1130 g/mol. The summed E-state index contributed by atoms with van der Waals surface area (Å²) in [5.41, 5.74) is 11.5. The third-order valence-electron chi connectivity index (χ3n) is 9.98. The van der Waals surface area contributed by atoms with E-state index in [1.54, 1.807) is 38.2 Å². The number of rotatable bonds is 1. The summed E-state index contributed by atoms with van der Waals surface area (Å²) >= 11 is 1.00. The number of pyridine rings is 3. The quantitative estimate of drug-likeness (QED) is 0.150. The lowest BCUT2D eigenvalue weighted by Crippen LogP contribution is -2.04. The van der Waals surface area contributed by atoms with Gasteiger partial charge in [0.05, 0.1) is 40.7 Å². The van der Waals surface area contributed by atoms with Crippen LogP contribution in [0, 0.1) is 112 Å². The van der Waals surface area contributed by atoms with Crippen LogP contribution in [0.15, 0.2) is 182 Å². The number of aromatic nitrogens is 8. The Bertz CT molecular complexity index is 2870. The Hall–Kier alpha value is -8.44. The Morgan fingerprint density at radius 3 is 1.20 bits per heavy atom. The molecule has 0 bridgehead atoms. The van der Waals surface area contributed by atoms with Crippen molar-refractivity contribution in [2.45, 2.75) is 96.7 Å². The molecule has 428 valence electrons. The minimum atomic E-state index is -4.29. The van der Waals surface area contributed by atoms with E-state index in [1.807, 2.05) is 83.3 Å². The Morgan fingerprint density at radius 2 is 0.864 bits per heavy atom. The molecule has 0 N–H and O–H groups in total. The molecule has 0 spiro atoms. The second-order valence-corrected chi connectivity index (χ2v) is 18.5. The van der Waals surface area contributed by atoms with Gasteiger partial charge in [-0.2, -0.15) is 13.2 Å². The minimum Gasteiger partial charge on any atom is -0.261 e. The molecule has 0 unspecified atom stereocenters. The van der Waals surface area contributed by atoms with Gasteiger partial charge in [0.1, 0.15) is 35.4 Å². The highest BCUT2D eigenvalue weighted by Crippen LogP contribution is 2.29. The van der Waals surface area contributed by atoms with Crippen molar-refractivity contribution >= 4 is 11.3 Å². The lowest BCUT2D eigenvalue weighted by atomic mass is 10.1. The molecule has 0 aliphatic carbocycles. The summed E-state index contributed by atoms with van der Waals surface area (Å²) in [6, 6.07) is 43.3. The van der Waals surface area contributed by atoms with E-state index in [2.05, 4.69) is 122 Å². The smallest absolute Gasteiger partial charge is 0.261 e. The van der Waals surface area contributed by atoms with Gasteiger partial charge in [-0.05, 0) is 125 Å². The Morgan fingerprint density at radius 1 is 0.407 bits per heavy atom. The number of alkyl halides is 3. The van der Waals surface area contributed by atoms with E-state index in [-0.39, 0.29) is 30.6 Å². The molecule has 0 saturated carbocycles. The summed E-state index contributed by atoms with van der Waals surface area (Å²) in [7, 11) is 0. The van der Waals surface area contributed by atoms with Crippen LogP contribution < -0.4 is 0 Å². The molecule has 6 aromatic heterocycles. The summed E-state index contributed by atoms with van der Waals surface area (Å²) in [5, 5.41) is 1.45. The molecular formula is C64H70F8N8S. The summed E-state index contributed by atoms with van der Waals surface area (Å²) in [5.74, 6) is -1.24. The molecule has 10 aromatic rings. The number of nitrogens with zero attached hydrogens (tertiary/aromatic N) is 8. The maximum Gasteiger partial charge on any atom is 0.434 e. The zero-order chi connectivity index (χ0) is 59.6. The van der Waals surface area contributed by atoms with Crippen LogP contribution >= 0.6 is 11.3 Å². The van der Waals surface area contributed by atoms with Gasteiger partial charge in [0.2, 0.25) is 0 Å². The van der Waals surface area contributed by atoms with Crippen LogP contribution in [0.1, 0.15) is 80.1 Å². The lowest BCUT2D eigenvalue weighted by Gasteiger charge is -1.99. The molecular weight excluding hydrogens is 1060 g/mol. The topological polar surface area (TPSA) is 103 Å². The van der Waals surface area contributed by atoms with Crippen molar-refractivity contribution in [1.29, 1.82) is 0 Å². The van der Waals surface area contributed by atoms with Crippen LogP contribution in [0.4, 0.5) is 35.1 Å². The van der Waals surface area contributed by atoms with Crippen molar-refractivity contribution in [3.63, 3.8) is 0 Å². The van der Waals surface area contributed by atoms with Gasteiger partial charge in [-0.3, -0.25) is 15.0 Å². The standard InChI is InChI=1S/C11H10N2.2C8H10.C7H7F.C7H9N.C6H5F2N.C6H6FN.C5H4F3NS.C5H5FN2.CH4/c1-9-12-8-7-11(13-9)10-5-3-2-4-6-10;2*1-7-3-5-8(2)6-4-7;1-6-2-4-7(8)5-3-6;1-6-3-4-7(2)8-5-6;1-4-6(8)2-5(7)3-9-4;1-5-2-3-6(7)4-8-5;1-3-9-4(2-10-3)5(6,7)8;1-4-5(6)2-7-3-8-4;/h2-8H,1H3;2*3-6H,1-2H3;2-5H,1H3;3-5H,1-2H3;2-3H,1H3;2-4H,1H3;2H,1H3;2-3H,1H3;1H4. The third kappa shape index (κ3) is 32.9. The van der Waals surface area contributed by atoms with Gasteiger partial charge in [0, 0.05) is 40.8 Å². The highest BCUT2D eigenvalue weighted by molar-refractivity contribution is 7.09. The molecule has 17 heteroatoms. The van der Waals surface area contributed by atoms with Crippen molar-refractivity contribution in [3.05, 3.63) is 284 Å². The maximum atomic E-state index is 12.3. The third-order valence-corrected chi connectivity index (χ3v) is 10.8. The Kier molecular flexibility index (Phi) is 33.3. The molecule has 10 rings (SSSR count). The molecule has 0 fully saturated rings. The fourth-order valence-corrected chi connectivity index (χ4v) is 5.99. The van der Waals surface area contributed by atoms with Crippen LogP contribution in [0.25, 0.3) is 11.3 Å². The summed E-state index contributed by atoms with van der Waals surface area (Å²) in [4.78, 5) is 29.9. The SMILES string of the molecule is C.Cc1ccc(C)cc1.Cc1ccc(C)cc1.Cc1ccc(C)nc1.Cc1ccc(F)cc1.Cc1ccc(F)cn1.Cc1nc(C(F)(F)F)cs1.Cc1ncc(F)cc1F.Cc1nccc(-c2ccccc2)n1.Cc1ncncc1F. The van der Waals surface area contributed by atoms with Gasteiger partial charge < -0.3 is 0 Å². The Balaban J connectivity index is 0.000000457. The van der Waals surface area contributed by atoms with Gasteiger partial charge in [-0.1, -0.05) is 132 Å². The van der Waals surface area contributed by atoms with Crippen molar-refractivity contribution in [2.24, 2.45) is 0 Å². The maximum absolute atomic E-state index is 12.3. The van der Waals surface area contributed by atoms with E-state index in [0.717, 1.165) is 69.2 Å². The highest BCUT2D eigenvalue weighted by atomic mass is 32.1. The Labute approximate surface area is 476 Å². The minimum absolute atomic E-state index is 0. The van der Waals surface area contributed by atoms with Crippen LogP contribution in [0.3, 0.4) is 0 Å². The molecule has 0 aliphatic heterocycles. The fraction of sp³-hybridized carbons (Fsp3) is 0.219. The molecule has 0 saturated heterocycles. The van der Waals surface area contributed by atoms with Gasteiger partial charge in [0.25, 0.3) is 0 Å². The number of halogens is 8. The molecule has 0 amide bonds. The molecule has 0 radical (unpaired) electrons. The zero-order valence-electron chi connectivity index (χ0n) is 46.8. The van der Waals surface area contributed by atoms with Crippen molar-refractivity contribution < 1.29 is 35.1 Å². The highest BCUT2D eigenvalue weighted by Gasteiger charge is 2.33.